The minimum atomic E-state index is -0.448. The summed E-state index contributed by atoms with van der Waals surface area (Å²) >= 11 is 0. The van der Waals surface area contributed by atoms with Crippen LogP contribution in [0.4, 0.5) is 17.3 Å². The highest BCUT2D eigenvalue weighted by molar-refractivity contribution is 5.59. The van der Waals surface area contributed by atoms with Gasteiger partial charge >= 0.3 is 5.69 Å². The minimum absolute atomic E-state index is 0.0457. The molecule has 2 fully saturated rings. The predicted molar refractivity (Wildman–Crippen MR) is 69.8 cm³/mol. The molecule has 102 valence electrons. The highest BCUT2D eigenvalue weighted by Gasteiger charge is 2.41. The van der Waals surface area contributed by atoms with Crippen LogP contribution in [0.25, 0.3) is 0 Å². The molecule has 0 spiro atoms. The molecule has 2 heterocycles. The molecular formula is C12H16N4O3. The van der Waals surface area contributed by atoms with Gasteiger partial charge in [-0.1, -0.05) is 0 Å². The first-order chi connectivity index (χ1) is 9.15. The second kappa shape index (κ2) is 4.65. The predicted octanol–water partition coefficient (Wildman–Crippen LogP) is 1.55. The van der Waals surface area contributed by atoms with E-state index in [-0.39, 0.29) is 29.5 Å². The summed E-state index contributed by atoms with van der Waals surface area (Å²) in [7, 11) is 0. The zero-order valence-corrected chi connectivity index (χ0v) is 10.4. The minimum Gasteiger partial charge on any atom is -0.384 e. The van der Waals surface area contributed by atoms with Crippen LogP contribution in [0.3, 0.4) is 0 Å². The third kappa shape index (κ3) is 2.46. The van der Waals surface area contributed by atoms with E-state index >= 15 is 0 Å². The Balaban J connectivity index is 1.81. The Kier molecular flexibility index (Phi) is 2.98. The summed E-state index contributed by atoms with van der Waals surface area (Å²) < 4.78 is 5.70. The Morgan fingerprint density at radius 1 is 1.42 bits per heavy atom. The Hall–Kier alpha value is -1.89. The number of hydrogen-bond acceptors (Lipinski definition) is 6. The number of nitro groups is 1. The molecular weight excluding hydrogens is 248 g/mol. The van der Waals surface area contributed by atoms with Crippen LogP contribution in [0.5, 0.6) is 0 Å². The lowest BCUT2D eigenvalue weighted by molar-refractivity contribution is -0.384. The fraction of sp³-hybridized carbons (Fsp3) is 0.583. The molecule has 0 radical (unpaired) electrons. The van der Waals surface area contributed by atoms with Crippen molar-refractivity contribution in [2.75, 3.05) is 17.7 Å². The Bertz CT molecular complexity index is 504. The van der Waals surface area contributed by atoms with Crippen LogP contribution in [0.15, 0.2) is 12.1 Å². The number of nitrogens with two attached hydrogens (primary N) is 1. The first-order valence-electron chi connectivity index (χ1n) is 6.44. The maximum absolute atomic E-state index is 11.0. The number of ether oxygens (including phenoxy) is 1. The second-order valence-corrected chi connectivity index (χ2v) is 5.07. The molecule has 1 saturated carbocycles. The molecule has 0 amide bonds. The number of nitrogens with zero attached hydrogens (tertiary/aromatic N) is 2. The molecule has 2 unspecified atom stereocenters. The molecule has 0 aromatic carbocycles. The molecule has 1 aromatic rings. The first-order valence-corrected chi connectivity index (χ1v) is 6.44. The van der Waals surface area contributed by atoms with Gasteiger partial charge in [-0.2, -0.15) is 0 Å². The van der Waals surface area contributed by atoms with Crippen molar-refractivity contribution in [3.8, 4) is 0 Å². The van der Waals surface area contributed by atoms with E-state index < -0.39 is 4.92 Å². The average molecular weight is 264 g/mol. The number of anilines is 2. The number of nitrogen functional groups attached to an aromatic ring is 1. The molecule has 1 aromatic heterocycles. The first kappa shape index (κ1) is 12.2. The Morgan fingerprint density at radius 2 is 2.21 bits per heavy atom. The van der Waals surface area contributed by atoms with E-state index in [1.165, 1.54) is 25.0 Å². The maximum atomic E-state index is 11.0. The quantitative estimate of drug-likeness (QED) is 0.631. The lowest BCUT2D eigenvalue weighted by Crippen LogP contribution is -2.31. The third-order valence-electron chi connectivity index (χ3n) is 3.64. The monoisotopic (exact) mass is 264 g/mol. The lowest BCUT2D eigenvalue weighted by atomic mass is 10.1. The van der Waals surface area contributed by atoms with Gasteiger partial charge in [0.15, 0.2) is 0 Å². The van der Waals surface area contributed by atoms with Gasteiger partial charge in [-0.25, -0.2) is 4.98 Å². The lowest BCUT2D eigenvalue weighted by Gasteiger charge is -2.19. The van der Waals surface area contributed by atoms with E-state index in [9.17, 15) is 10.1 Å². The molecule has 7 heteroatoms. The number of pyridine rings is 1. The number of aromatic nitrogens is 1. The Morgan fingerprint density at radius 3 is 2.89 bits per heavy atom. The van der Waals surface area contributed by atoms with Crippen molar-refractivity contribution >= 4 is 17.3 Å². The van der Waals surface area contributed by atoms with E-state index in [0.29, 0.717) is 12.5 Å². The van der Waals surface area contributed by atoms with E-state index in [1.54, 1.807) is 0 Å². The molecule has 1 aliphatic carbocycles. The summed E-state index contributed by atoms with van der Waals surface area (Å²) in [6, 6.07) is 2.90. The van der Waals surface area contributed by atoms with E-state index in [4.69, 9.17) is 10.5 Å². The van der Waals surface area contributed by atoms with Crippen molar-refractivity contribution in [2.24, 2.45) is 5.92 Å². The van der Waals surface area contributed by atoms with E-state index in [0.717, 1.165) is 6.42 Å². The molecule has 2 aliphatic rings. The second-order valence-electron chi connectivity index (χ2n) is 5.07. The van der Waals surface area contributed by atoms with Gasteiger partial charge < -0.3 is 15.8 Å². The zero-order valence-electron chi connectivity index (χ0n) is 10.4. The van der Waals surface area contributed by atoms with Crippen LogP contribution in [-0.2, 0) is 4.74 Å². The molecule has 0 bridgehead atoms. The van der Waals surface area contributed by atoms with Crippen molar-refractivity contribution in [2.45, 2.75) is 31.4 Å². The van der Waals surface area contributed by atoms with Crippen LogP contribution in [0.2, 0.25) is 0 Å². The fourth-order valence-corrected chi connectivity index (χ4v) is 2.55. The van der Waals surface area contributed by atoms with Crippen molar-refractivity contribution in [3.63, 3.8) is 0 Å². The van der Waals surface area contributed by atoms with Crippen molar-refractivity contribution in [3.05, 3.63) is 22.2 Å². The molecule has 7 nitrogen and oxygen atoms in total. The number of hydrogen-bond donors (Lipinski definition) is 2. The van der Waals surface area contributed by atoms with Gasteiger partial charge in [-0.15, -0.1) is 0 Å². The molecule has 1 saturated heterocycles. The van der Waals surface area contributed by atoms with Gasteiger partial charge in [0.25, 0.3) is 0 Å². The van der Waals surface area contributed by atoms with Crippen LogP contribution < -0.4 is 11.1 Å². The van der Waals surface area contributed by atoms with Gasteiger partial charge in [0.1, 0.15) is 5.82 Å². The molecule has 2 atom stereocenters. The summed E-state index contributed by atoms with van der Waals surface area (Å²) in [5.41, 5.74) is 5.56. The summed E-state index contributed by atoms with van der Waals surface area (Å²) in [4.78, 5) is 14.6. The van der Waals surface area contributed by atoms with Crippen molar-refractivity contribution in [1.82, 2.24) is 4.98 Å². The zero-order chi connectivity index (χ0) is 13.4. The highest BCUT2D eigenvalue weighted by Crippen LogP contribution is 2.40. The number of nitrogens with one attached hydrogen (secondary N) is 1. The van der Waals surface area contributed by atoms with E-state index in [1.807, 2.05) is 0 Å². The smallest absolute Gasteiger partial charge is 0.311 e. The fourth-order valence-electron chi connectivity index (χ4n) is 2.55. The van der Waals surface area contributed by atoms with Gasteiger partial charge in [-0.05, 0) is 31.2 Å². The molecule has 3 rings (SSSR count). The molecule has 19 heavy (non-hydrogen) atoms. The van der Waals surface area contributed by atoms with Crippen LogP contribution in [0, 0.1) is 16.0 Å². The van der Waals surface area contributed by atoms with Gasteiger partial charge in [0.05, 0.1) is 17.1 Å². The number of rotatable bonds is 4. The molecule has 1 aliphatic heterocycles. The average Bonchev–Trinajstić information content (AvgIpc) is 3.10. The van der Waals surface area contributed by atoms with Crippen LogP contribution in [-0.4, -0.2) is 28.7 Å². The topological polar surface area (TPSA) is 103 Å². The molecule has 3 N–H and O–H groups in total. The summed E-state index contributed by atoms with van der Waals surface area (Å²) in [6.45, 7) is 0.689. The highest BCUT2D eigenvalue weighted by atomic mass is 16.6. The standard InChI is InChI=1S/C12H16N4O3/c13-10-4-3-9(16(17)18)12(15-10)14-8-5-6-19-11(8)7-1-2-7/h3-4,7-8,11H,1-2,5-6H2,(H3,13,14,15). The van der Waals surface area contributed by atoms with Crippen molar-refractivity contribution in [1.29, 1.82) is 0 Å². The van der Waals surface area contributed by atoms with Gasteiger partial charge in [0, 0.05) is 12.7 Å². The Labute approximate surface area is 110 Å². The summed E-state index contributed by atoms with van der Waals surface area (Å²) in [5, 5.41) is 14.1. The largest absolute Gasteiger partial charge is 0.384 e. The SMILES string of the molecule is Nc1ccc([N+](=O)[O-])c(NC2CCOC2C2CC2)n1. The summed E-state index contributed by atoms with van der Waals surface area (Å²) in [6.07, 6.45) is 3.34. The van der Waals surface area contributed by atoms with Gasteiger partial charge in [-0.3, -0.25) is 10.1 Å². The van der Waals surface area contributed by atoms with Crippen LogP contribution in [0.1, 0.15) is 19.3 Å². The van der Waals surface area contributed by atoms with Crippen LogP contribution >= 0.6 is 0 Å². The van der Waals surface area contributed by atoms with E-state index in [2.05, 4.69) is 10.3 Å². The van der Waals surface area contributed by atoms with Crippen molar-refractivity contribution < 1.29 is 9.66 Å². The maximum Gasteiger partial charge on any atom is 0.311 e. The third-order valence-corrected chi connectivity index (χ3v) is 3.64. The normalized spacial score (nSPS) is 26.3. The summed E-state index contributed by atoms with van der Waals surface area (Å²) in [5.74, 6) is 1.10. The van der Waals surface area contributed by atoms with Gasteiger partial charge in [0.2, 0.25) is 5.82 Å².